The Morgan fingerprint density at radius 2 is 1.93 bits per heavy atom. The molecule has 0 aliphatic heterocycles. The summed E-state index contributed by atoms with van der Waals surface area (Å²) in [6.07, 6.45) is 13.6. The maximum atomic E-state index is 13.0. The Labute approximate surface area is 165 Å². The van der Waals surface area contributed by atoms with Crippen molar-refractivity contribution in [1.29, 1.82) is 0 Å². The van der Waals surface area contributed by atoms with Gasteiger partial charge in [0.15, 0.2) is 0 Å². The molecule has 2 fully saturated rings. The summed E-state index contributed by atoms with van der Waals surface area (Å²) in [7, 11) is 0. The van der Waals surface area contributed by atoms with Gasteiger partial charge in [-0.2, -0.15) is 0 Å². The van der Waals surface area contributed by atoms with Gasteiger partial charge in [-0.05, 0) is 56.2 Å². The van der Waals surface area contributed by atoms with Crippen molar-refractivity contribution in [2.75, 3.05) is 0 Å². The lowest BCUT2D eigenvalue weighted by atomic mass is 9.81. The number of esters is 1. The maximum Gasteiger partial charge on any atom is 0.326 e. The van der Waals surface area contributed by atoms with E-state index < -0.39 is 11.4 Å². The molecule has 28 heavy (non-hydrogen) atoms. The van der Waals surface area contributed by atoms with E-state index in [-0.39, 0.29) is 12.1 Å². The van der Waals surface area contributed by atoms with Crippen LogP contribution < -0.4 is 10.8 Å². The van der Waals surface area contributed by atoms with Crippen molar-refractivity contribution in [3.8, 4) is 0 Å². The molecule has 2 aliphatic rings. The van der Waals surface area contributed by atoms with Crippen molar-refractivity contribution in [3.05, 3.63) is 35.7 Å². The third-order valence-corrected chi connectivity index (χ3v) is 5.67. The Kier molecular flexibility index (Phi) is 7.17. The van der Waals surface area contributed by atoms with Crippen molar-refractivity contribution >= 4 is 18.0 Å². The standard InChI is InChI=1S/C21H29N3O4/c25-19(24-27)11-9-16-8-10-17(22-14-16)15-23-21(12-4-1-5-13-21)20(26)28-18-6-2-3-7-18/h8-11,14,18,23,27H,1-7,12-13,15H2,(H,24,25). The molecule has 0 saturated heterocycles. The highest BCUT2D eigenvalue weighted by atomic mass is 16.5. The lowest BCUT2D eigenvalue weighted by Gasteiger charge is -2.36. The summed E-state index contributed by atoms with van der Waals surface area (Å²) in [6.45, 7) is 0.487. The number of hydroxylamine groups is 1. The first-order chi connectivity index (χ1) is 13.6. The second kappa shape index (κ2) is 9.80. The number of nitrogens with zero attached hydrogens (tertiary/aromatic N) is 1. The maximum absolute atomic E-state index is 13.0. The highest BCUT2D eigenvalue weighted by Gasteiger charge is 2.41. The number of rotatable bonds is 7. The normalized spacial score (nSPS) is 19.6. The van der Waals surface area contributed by atoms with Crippen molar-refractivity contribution in [3.63, 3.8) is 0 Å². The van der Waals surface area contributed by atoms with Gasteiger partial charge in [-0.1, -0.05) is 25.3 Å². The molecule has 0 aromatic carbocycles. The fraction of sp³-hybridized carbons (Fsp3) is 0.571. The molecule has 7 heteroatoms. The molecule has 3 N–H and O–H groups in total. The van der Waals surface area contributed by atoms with Crippen LogP contribution in [0.1, 0.15) is 69.0 Å². The molecule has 0 spiro atoms. The van der Waals surface area contributed by atoms with Crippen molar-refractivity contribution in [1.82, 2.24) is 15.8 Å². The molecular formula is C21H29N3O4. The lowest BCUT2D eigenvalue weighted by Crippen LogP contribution is -2.54. The van der Waals surface area contributed by atoms with E-state index in [2.05, 4.69) is 10.3 Å². The summed E-state index contributed by atoms with van der Waals surface area (Å²) in [4.78, 5) is 28.4. The van der Waals surface area contributed by atoms with E-state index in [0.29, 0.717) is 6.54 Å². The zero-order valence-electron chi connectivity index (χ0n) is 16.2. The zero-order valence-corrected chi connectivity index (χ0v) is 16.2. The summed E-state index contributed by atoms with van der Waals surface area (Å²) in [5.74, 6) is -0.695. The van der Waals surface area contributed by atoms with Gasteiger partial charge >= 0.3 is 5.97 Å². The topological polar surface area (TPSA) is 101 Å². The number of carbonyl (C=O) groups excluding carboxylic acids is 2. The number of hydrogen-bond acceptors (Lipinski definition) is 6. The van der Waals surface area contributed by atoms with Crippen molar-refractivity contribution in [2.24, 2.45) is 0 Å². The third-order valence-electron chi connectivity index (χ3n) is 5.67. The average molecular weight is 387 g/mol. The molecule has 1 amide bonds. The highest BCUT2D eigenvalue weighted by molar-refractivity contribution is 5.90. The number of aromatic nitrogens is 1. The van der Waals surface area contributed by atoms with Gasteiger partial charge in [0.25, 0.3) is 5.91 Å². The largest absolute Gasteiger partial charge is 0.461 e. The molecule has 7 nitrogen and oxygen atoms in total. The van der Waals surface area contributed by atoms with E-state index in [4.69, 9.17) is 9.94 Å². The fourth-order valence-electron chi connectivity index (χ4n) is 3.99. The van der Waals surface area contributed by atoms with Crippen LogP contribution in [0.25, 0.3) is 6.08 Å². The van der Waals surface area contributed by atoms with Crippen LogP contribution in [-0.2, 0) is 20.9 Å². The van der Waals surface area contributed by atoms with E-state index in [9.17, 15) is 9.59 Å². The van der Waals surface area contributed by atoms with Gasteiger partial charge in [0.05, 0.1) is 5.69 Å². The van der Waals surface area contributed by atoms with Crippen LogP contribution >= 0.6 is 0 Å². The first-order valence-corrected chi connectivity index (χ1v) is 10.1. The number of amides is 1. The summed E-state index contributed by atoms with van der Waals surface area (Å²) in [6, 6.07) is 3.71. The van der Waals surface area contributed by atoms with Crippen LogP contribution in [0.3, 0.4) is 0 Å². The lowest BCUT2D eigenvalue weighted by molar-refractivity contribution is -0.158. The van der Waals surface area contributed by atoms with Gasteiger partial charge in [-0.3, -0.25) is 25.1 Å². The van der Waals surface area contributed by atoms with Crippen LogP contribution in [0.2, 0.25) is 0 Å². The predicted octanol–water partition coefficient (Wildman–Crippen LogP) is 2.88. The van der Waals surface area contributed by atoms with Gasteiger partial charge in [0.2, 0.25) is 0 Å². The number of hydrogen-bond donors (Lipinski definition) is 3. The molecule has 1 aromatic rings. The smallest absolute Gasteiger partial charge is 0.326 e. The second-order valence-electron chi connectivity index (χ2n) is 7.70. The van der Waals surface area contributed by atoms with E-state index in [0.717, 1.165) is 69.0 Å². The minimum Gasteiger partial charge on any atom is -0.461 e. The predicted molar refractivity (Wildman–Crippen MR) is 104 cm³/mol. The molecule has 0 unspecified atom stereocenters. The monoisotopic (exact) mass is 387 g/mol. The van der Waals surface area contributed by atoms with E-state index >= 15 is 0 Å². The molecule has 0 radical (unpaired) electrons. The highest BCUT2D eigenvalue weighted by Crippen LogP contribution is 2.32. The van der Waals surface area contributed by atoms with Crippen molar-refractivity contribution in [2.45, 2.75) is 76.0 Å². The SMILES string of the molecule is O=C(C=Cc1ccc(CNC2(C(=O)OC3CCCC3)CCCCC2)nc1)NO. The quantitative estimate of drug-likeness (QED) is 0.288. The Hall–Kier alpha value is -2.25. The molecule has 2 aliphatic carbocycles. The first-order valence-electron chi connectivity index (χ1n) is 10.1. The fourth-order valence-corrected chi connectivity index (χ4v) is 3.99. The summed E-state index contributed by atoms with van der Waals surface area (Å²) in [5, 5.41) is 11.9. The van der Waals surface area contributed by atoms with Crippen LogP contribution in [0, 0.1) is 0 Å². The molecule has 0 atom stereocenters. The summed E-state index contributed by atoms with van der Waals surface area (Å²) in [5.41, 5.74) is 2.50. The van der Waals surface area contributed by atoms with E-state index in [1.165, 1.54) is 6.08 Å². The van der Waals surface area contributed by atoms with Gasteiger partial charge in [0.1, 0.15) is 11.6 Å². The summed E-state index contributed by atoms with van der Waals surface area (Å²) >= 11 is 0. The van der Waals surface area contributed by atoms with Crippen LogP contribution in [0.15, 0.2) is 24.4 Å². The van der Waals surface area contributed by atoms with Crippen LogP contribution in [-0.4, -0.2) is 33.7 Å². The minimum absolute atomic E-state index is 0.0772. The Morgan fingerprint density at radius 3 is 2.57 bits per heavy atom. The van der Waals surface area contributed by atoms with Gasteiger partial charge in [0, 0.05) is 18.8 Å². The first kappa shape index (κ1) is 20.5. The minimum atomic E-state index is -0.611. The van der Waals surface area contributed by atoms with Crippen LogP contribution in [0.5, 0.6) is 0 Å². The summed E-state index contributed by atoms with van der Waals surface area (Å²) < 4.78 is 5.84. The molecular weight excluding hydrogens is 358 g/mol. The third kappa shape index (κ3) is 5.39. The molecule has 152 valence electrons. The number of nitrogens with one attached hydrogen (secondary N) is 2. The Balaban J connectivity index is 1.60. The molecule has 0 bridgehead atoms. The second-order valence-corrected chi connectivity index (χ2v) is 7.70. The number of carbonyl (C=O) groups is 2. The zero-order chi connectivity index (χ0) is 19.8. The van der Waals surface area contributed by atoms with Gasteiger partial charge in [-0.25, -0.2) is 5.48 Å². The molecule has 2 saturated carbocycles. The van der Waals surface area contributed by atoms with Crippen molar-refractivity contribution < 1.29 is 19.5 Å². The van der Waals surface area contributed by atoms with E-state index in [1.807, 2.05) is 12.1 Å². The Morgan fingerprint density at radius 1 is 1.18 bits per heavy atom. The number of pyridine rings is 1. The van der Waals surface area contributed by atoms with Gasteiger partial charge < -0.3 is 4.74 Å². The molecule has 1 heterocycles. The van der Waals surface area contributed by atoms with Gasteiger partial charge in [-0.15, -0.1) is 0 Å². The molecule has 3 rings (SSSR count). The number of ether oxygens (including phenoxy) is 1. The average Bonchev–Trinajstić information content (AvgIpc) is 3.25. The van der Waals surface area contributed by atoms with Crippen LogP contribution in [0.4, 0.5) is 0 Å². The van der Waals surface area contributed by atoms with E-state index in [1.54, 1.807) is 17.8 Å². The Bertz CT molecular complexity index is 690. The molecule has 1 aromatic heterocycles.